The molecule has 2 heterocycles. The van der Waals surface area contributed by atoms with Crippen molar-refractivity contribution >= 4 is 33.2 Å². The Morgan fingerprint density at radius 2 is 1.51 bits per heavy atom. The summed E-state index contributed by atoms with van der Waals surface area (Å²) in [5.41, 5.74) is 1.70. The second kappa shape index (κ2) is 11.2. The molecule has 9 heteroatoms. The van der Waals surface area contributed by atoms with Crippen LogP contribution in [0.4, 0.5) is 11.4 Å². The van der Waals surface area contributed by atoms with E-state index in [1.54, 1.807) is 31.3 Å². The number of likely N-dealkylation sites (N-methyl/N-ethyl adjacent to an activating group) is 1. The summed E-state index contributed by atoms with van der Waals surface area (Å²) in [6.45, 7) is 2.49. The molecule has 0 spiro atoms. The topological polar surface area (TPSA) is 90.0 Å². The summed E-state index contributed by atoms with van der Waals surface area (Å²) >= 11 is 0. The Morgan fingerprint density at radius 3 is 2.17 bits per heavy atom. The molecule has 35 heavy (non-hydrogen) atoms. The van der Waals surface area contributed by atoms with Crippen molar-refractivity contribution in [2.45, 2.75) is 43.4 Å². The molecule has 1 N–H and O–H groups in total. The molecule has 0 aromatic heterocycles. The minimum absolute atomic E-state index is 0.130. The molecule has 8 nitrogen and oxygen atoms in total. The van der Waals surface area contributed by atoms with Crippen LogP contribution in [0.3, 0.4) is 0 Å². The number of piperidine rings is 2. The van der Waals surface area contributed by atoms with Crippen LogP contribution in [0.5, 0.6) is 0 Å². The Bertz CT molecular complexity index is 1140. The zero-order valence-corrected chi connectivity index (χ0v) is 21.1. The van der Waals surface area contributed by atoms with Crippen LogP contribution in [-0.2, 0) is 14.8 Å². The molecule has 0 aliphatic carbocycles. The van der Waals surface area contributed by atoms with E-state index in [2.05, 4.69) is 10.2 Å². The van der Waals surface area contributed by atoms with Crippen molar-refractivity contribution in [3.8, 4) is 0 Å². The molecule has 2 amide bonds. The van der Waals surface area contributed by atoms with E-state index in [1.807, 2.05) is 18.2 Å². The maximum Gasteiger partial charge on any atom is 0.256 e. The lowest BCUT2D eigenvalue weighted by molar-refractivity contribution is -0.116. The highest BCUT2D eigenvalue weighted by atomic mass is 32.2. The van der Waals surface area contributed by atoms with Crippen molar-refractivity contribution in [2.75, 3.05) is 50.0 Å². The lowest BCUT2D eigenvalue weighted by Crippen LogP contribution is -2.38. The molecule has 2 aliphatic heterocycles. The number of amides is 2. The lowest BCUT2D eigenvalue weighted by Gasteiger charge is -2.32. The Hall–Kier alpha value is -2.91. The number of benzene rings is 2. The van der Waals surface area contributed by atoms with Crippen molar-refractivity contribution < 1.29 is 18.0 Å². The van der Waals surface area contributed by atoms with Gasteiger partial charge in [-0.05, 0) is 62.4 Å². The highest BCUT2D eigenvalue weighted by Crippen LogP contribution is 2.30. The summed E-state index contributed by atoms with van der Waals surface area (Å²) in [5, 5.41) is 2.79. The number of hydrogen-bond donors (Lipinski definition) is 1. The van der Waals surface area contributed by atoms with E-state index in [-0.39, 0.29) is 23.3 Å². The van der Waals surface area contributed by atoms with E-state index in [1.165, 1.54) is 15.3 Å². The van der Waals surface area contributed by atoms with E-state index in [4.69, 9.17) is 0 Å². The summed E-state index contributed by atoms with van der Waals surface area (Å²) in [4.78, 5) is 29.7. The van der Waals surface area contributed by atoms with Gasteiger partial charge in [0.05, 0.1) is 17.0 Å². The summed E-state index contributed by atoms with van der Waals surface area (Å²) < 4.78 is 28.2. The smallest absolute Gasteiger partial charge is 0.256 e. The quantitative estimate of drug-likeness (QED) is 0.631. The maximum atomic E-state index is 13.6. The summed E-state index contributed by atoms with van der Waals surface area (Å²) in [5.74, 6) is -0.687. The second-order valence-electron chi connectivity index (χ2n) is 9.27. The van der Waals surface area contributed by atoms with Crippen LogP contribution >= 0.6 is 0 Å². The van der Waals surface area contributed by atoms with Crippen molar-refractivity contribution in [3.63, 3.8) is 0 Å². The minimum atomic E-state index is -3.69. The lowest BCUT2D eigenvalue weighted by atomic mass is 10.1. The van der Waals surface area contributed by atoms with Crippen LogP contribution < -0.4 is 10.2 Å². The van der Waals surface area contributed by atoms with Gasteiger partial charge in [-0.3, -0.25) is 9.59 Å². The van der Waals surface area contributed by atoms with E-state index >= 15 is 0 Å². The van der Waals surface area contributed by atoms with Crippen LogP contribution in [0, 0.1) is 0 Å². The second-order valence-corrected chi connectivity index (χ2v) is 11.2. The molecule has 0 saturated carbocycles. The third-order valence-corrected chi connectivity index (χ3v) is 8.53. The van der Waals surface area contributed by atoms with Gasteiger partial charge >= 0.3 is 0 Å². The molecule has 0 unspecified atom stereocenters. The number of rotatable bonds is 7. The van der Waals surface area contributed by atoms with Gasteiger partial charge in [0.25, 0.3) is 5.91 Å². The fourth-order valence-corrected chi connectivity index (χ4v) is 6.27. The van der Waals surface area contributed by atoms with Gasteiger partial charge < -0.3 is 15.1 Å². The van der Waals surface area contributed by atoms with E-state index in [0.29, 0.717) is 24.3 Å². The molecule has 0 radical (unpaired) electrons. The fourth-order valence-electron chi connectivity index (χ4n) is 4.73. The fraction of sp³-hybridized carbons (Fsp3) is 0.462. The zero-order valence-electron chi connectivity index (χ0n) is 20.3. The Morgan fingerprint density at radius 1 is 0.886 bits per heavy atom. The number of carbonyl (C=O) groups is 2. The van der Waals surface area contributed by atoms with Gasteiger partial charge in [0.15, 0.2) is 0 Å². The van der Waals surface area contributed by atoms with Crippen LogP contribution in [0.1, 0.15) is 48.9 Å². The van der Waals surface area contributed by atoms with Gasteiger partial charge in [-0.2, -0.15) is 4.31 Å². The highest BCUT2D eigenvalue weighted by Gasteiger charge is 2.29. The third kappa shape index (κ3) is 6.02. The average molecular weight is 499 g/mol. The number of nitrogens with zero attached hydrogens (tertiary/aromatic N) is 3. The van der Waals surface area contributed by atoms with Crippen LogP contribution in [0.2, 0.25) is 0 Å². The number of sulfonamides is 1. The predicted molar refractivity (Wildman–Crippen MR) is 137 cm³/mol. The Balaban J connectivity index is 1.60. The molecule has 0 bridgehead atoms. The molecule has 2 saturated heterocycles. The predicted octanol–water partition coefficient (Wildman–Crippen LogP) is 3.56. The normalized spacial score (nSPS) is 17.1. The number of carbonyl (C=O) groups excluding carboxylic acids is 2. The number of hydrogen-bond acceptors (Lipinski definition) is 5. The van der Waals surface area contributed by atoms with E-state index in [0.717, 1.165) is 57.3 Å². The van der Waals surface area contributed by atoms with E-state index < -0.39 is 10.0 Å². The first kappa shape index (κ1) is 25.2. The Labute approximate surface area is 207 Å². The molecule has 4 rings (SSSR count). The van der Waals surface area contributed by atoms with Crippen molar-refractivity contribution in [2.24, 2.45) is 0 Å². The first-order valence-corrected chi connectivity index (χ1v) is 13.8. The van der Waals surface area contributed by atoms with Crippen LogP contribution in [-0.4, -0.2) is 69.2 Å². The van der Waals surface area contributed by atoms with Gasteiger partial charge in [0.2, 0.25) is 15.9 Å². The van der Waals surface area contributed by atoms with Gasteiger partial charge in [0.1, 0.15) is 0 Å². The SMILES string of the molecule is CN(CC(=O)Nc1ccccc1)C(=O)c1cc(S(=O)(=O)N2CCCCC2)ccc1N1CCCCC1. The molecule has 2 aromatic rings. The number of para-hydroxylation sites is 1. The first-order chi connectivity index (χ1) is 16.9. The minimum Gasteiger partial charge on any atom is -0.371 e. The number of nitrogens with one attached hydrogen (secondary N) is 1. The third-order valence-electron chi connectivity index (χ3n) is 6.63. The van der Waals surface area contributed by atoms with Crippen molar-refractivity contribution in [1.82, 2.24) is 9.21 Å². The standard InChI is InChI=1S/C26H34N4O4S/c1-28(20-25(31)27-21-11-5-2-6-12-21)26(32)23-19-22(35(33,34)30-17-9-4-10-18-30)13-14-24(23)29-15-7-3-8-16-29/h2,5-6,11-14,19H,3-4,7-10,15-18,20H2,1H3,(H,27,31). The molecular weight excluding hydrogens is 464 g/mol. The molecule has 0 atom stereocenters. The molecule has 2 fully saturated rings. The van der Waals surface area contributed by atoms with Crippen LogP contribution in [0.25, 0.3) is 0 Å². The Kier molecular flexibility index (Phi) is 8.07. The van der Waals surface area contributed by atoms with Gasteiger partial charge in [-0.1, -0.05) is 24.6 Å². The first-order valence-electron chi connectivity index (χ1n) is 12.4. The molecule has 2 aromatic carbocycles. The molecule has 188 valence electrons. The number of anilines is 2. The van der Waals surface area contributed by atoms with E-state index in [9.17, 15) is 18.0 Å². The van der Waals surface area contributed by atoms with Gasteiger partial charge in [0, 0.05) is 44.6 Å². The van der Waals surface area contributed by atoms with Crippen molar-refractivity contribution in [1.29, 1.82) is 0 Å². The van der Waals surface area contributed by atoms with Gasteiger partial charge in [-0.15, -0.1) is 0 Å². The molecular formula is C26H34N4O4S. The van der Waals surface area contributed by atoms with Gasteiger partial charge in [-0.25, -0.2) is 8.42 Å². The maximum absolute atomic E-state index is 13.6. The summed E-state index contributed by atoms with van der Waals surface area (Å²) in [6, 6.07) is 13.9. The summed E-state index contributed by atoms with van der Waals surface area (Å²) in [7, 11) is -2.12. The monoisotopic (exact) mass is 498 g/mol. The molecule has 2 aliphatic rings. The largest absolute Gasteiger partial charge is 0.371 e. The average Bonchev–Trinajstić information content (AvgIpc) is 2.89. The van der Waals surface area contributed by atoms with Crippen molar-refractivity contribution in [3.05, 3.63) is 54.1 Å². The zero-order chi connectivity index (χ0) is 24.8. The van der Waals surface area contributed by atoms with Crippen LogP contribution in [0.15, 0.2) is 53.4 Å². The summed E-state index contributed by atoms with van der Waals surface area (Å²) in [6.07, 6.45) is 5.90. The highest BCUT2D eigenvalue weighted by molar-refractivity contribution is 7.89.